The third kappa shape index (κ3) is 2.13. The van der Waals surface area contributed by atoms with Gasteiger partial charge in [0.05, 0.1) is 17.4 Å². The van der Waals surface area contributed by atoms with Crippen LogP contribution in [0.4, 0.5) is 5.69 Å². The van der Waals surface area contributed by atoms with E-state index in [0.717, 1.165) is 43.8 Å². The van der Waals surface area contributed by atoms with Gasteiger partial charge in [0.25, 0.3) is 0 Å². The average molecular weight is 231 g/mol. The van der Waals surface area contributed by atoms with Gasteiger partial charge in [0.2, 0.25) is 0 Å². The third-order valence-electron chi connectivity index (χ3n) is 3.44. The molecule has 4 nitrogen and oxygen atoms in total. The van der Waals surface area contributed by atoms with E-state index in [1.54, 1.807) is 0 Å². The summed E-state index contributed by atoms with van der Waals surface area (Å²) >= 11 is 0. The van der Waals surface area contributed by atoms with E-state index >= 15 is 0 Å². The van der Waals surface area contributed by atoms with Crippen LogP contribution in [0.25, 0.3) is 11.0 Å². The molecule has 0 atom stereocenters. The SMILES string of the molecule is Nc1ccc2c(c1)ncn2CC1CCOCC1. The predicted molar refractivity (Wildman–Crippen MR) is 67.7 cm³/mol. The van der Waals surface area contributed by atoms with E-state index < -0.39 is 0 Å². The number of imidazole rings is 1. The molecule has 2 heterocycles. The van der Waals surface area contributed by atoms with Crippen molar-refractivity contribution in [3.63, 3.8) is 0 Å². The van der Waals surface area contributed by atoms with Gasteiger partial charge in [-0.2, -0.15) is 0 Å². The molecular formula is C13H17N3O. The normalized spacial score (nSPS) is 17.6. The second-order valence-electron chi connectivity index (χ2n) is 4.70. The molecule has 0 aliphatic carbocycles. The fourth-order valence-electron chi connectivity index (χ4n) is 2.43. The summed E-state index contributed by atoms with van der Waals surface area (Å²) in [5.41, 5.74) is 8.68. The lowest BCUT2D eigenvalue weighted by atomic mass is 10.0. The first-order valence-corrected chi connectivity index (χ1v) is 6.11. The summed E-state index contributed by atoms with van der Waals surface area (Å²) in [7, 11) is 0. The van der Waals surface area contributed by atoms with Crippen molar-refractivity contribution < 1.29 is 4.74 Å². The Balaban J connectivity index is 1.84. The van der Waals surface area contributed by atoms with E-state index in [4.69, 9.17) is 10.5 Å². The van der Waals surface area contributed by atoms with Crippen LogP contribution >= 0.6 is 0 Å². The molecule has 4 heteroatoms. The van der Waals surface area contributed by atoms with Crippen molar-refractivity contribution in [2.24, 2.45) is 5.92 Å². The maximum absolute atomic E-state index is 5.75. The summed E-state index contributed by atoms with van der Waals surface area (Å²) in [4.78, 5) is 4.40. The number of anilines is 1. The Morgan fingerprint density at radius 1 is 1.35 bits per heavy atom. The molecule has 2 N–H and O–H groups in total. The van der Waals surface area contributed by atoms with Gasteiger partial charge in [-0.1, -0.05) is 0 Å². The minimum atomic E-state index is 0.707. The highest BCUT2D eigenvalue weighted by atomic mass is 16.5. The number of ether oxygens (including phenoxy) is 1. The van der Waals surface area contributed by atoms with Crippen LogP contribution < -0.4 is 5.73 Å². The first-order chi connectivity index (χ1) is 8.33. The summed E-state index contributed by atoms with van der Waals surface area (Å²) in [5, 5.41) is 0. The van der Waals surface area contributed by atoms with Gasteiger partial charge < -0.3 is 15.0 Å². The summed E-state index contributed by atoms with van der Waals surface area (Å²) < 4.78 is 7.61. The number of aromatic nitrogens is 2. The van der Waals surface area contributed by atoms with Gasteiger partial charge in [0.15, 0.2) is 0 Å². The van der Waals surface area contributed by atoms with E-state index in [1.807, 2.05) is 18.5 Å². The lowest BCUT2D eigenvalue weighted by molar-refractivity contribution is 0.0616. The van der Waals surface area contributed by atoms with Gasteiger partial charge in [-0.25, -0.2) is 4.98 Å². The lowest BCUT2D eigenvalue weighted by Gasteiger charge is -2.22. The Labute approximate surface area is 100 Å². The highest BCUT2D eigenvalue weighted by Gasteiger charge is 2.15. The standard InChI is InChI=1S/C13H17N3O/c14-11-1-2-13-12(7-11)15-9-16(13)8-10-3-5-17-6-4-10/h1-2,7,9-10H,3-6,8,14H2. The fourth-order valence-corrected chi connectivity index (χ4v) is 2.43. The maximum Gasteiger partial charge on any atom is 0.0958 e. The smallest absolute Gasteiger partial charge is 0.0958 e. The Bertz CT molecular complexity index is 514. The van der Waals surface area contributed by atoms with Crippen molar-refractivity contribution >= 4 is 16.7 Å². The van der Waals surface area contributed by atoms with E-state index in [1.165, 1.54) is 5.52 Å². The maximum atomic E-state index is 5.75. The number of fused-ring (bicyclic) bond motifs is 1. The molecule has 0 radical (unpaired) electrons. The molecule has 0 spiro atoms. The first kappa shape index (κ1) is 10.6. The summed E-state index contributed by atoms with van der Waals surface area (Å²) in [6.07, 6.45) is 4.21. The lowest BCUT2D eigenvalue weighted by Crippen LogP contribution is -2.20. The fraction of sp³-hybridized carbons (Fsp3) is 0.462. The largest absolute Gasteiger partial charge is 0.399 e. The zero-order valence-corrected chi connectivity index (χ0v) is 9.80. The molecule has 3 rings (SSSR count). The van der Waals surface area contributed by atoms with Gasteiger partial charge in [-0.3, -0.25) is 0 Å². The number of rotatable bonds is 2. The highest BCUT2D eigenvalue weighted by molar-refractivity contribution is 5.78. The zero-order valence-electron chi connectivity index (χ0n) is 9.80. The Kier molecular flexibility index (Phi) is 2.73. The van der Waals surface area contributed by atoms with Crippen LogP contribution in [-0.2, 0) is 11.3 Å². The van der Waals surface area contributed by atoms with Crippen LogP contribution in [0.1, 0.15) is 12.8 Å². The number of nitrogens with zero attached hydrogens (tertiary/aromatic N) is 2. The van der Waals surface area contributed by atoms with Crippen molar-refractivity contribution in [1.29, 1.82) is 0 Å². The first-order valence-electron chi connectivity index (χ1n) is 6.11. The van der Waals surface area contributed by atoms with Gasteiger partial charge in [-0.15, -0.1) is 0 Å². The highest BCUT2D eigenvalue weighted by Crippen LogP contribution is 2.21. The molecular weight excluding hydrogens is 214 g/mol. The molecule has 1 aromatic carbocycles. The molecule has 1 aromatic heterocycles. The molecule has 90 valence electrons. The van der Waals surface area contributed by atoms with Crippen LogP contribution in [0.5, 0.6) is 0 Å². The van der Waals surface area contributed by atoms with Crippen LogP contribution in [0, 0.1) is 5.92 Å². The number of benzene rings is 1. The predicted octanol–water partition coefficient (Wildman–Crippen LogP) is 2.05. The average Bonchev–Trinajstić information content (AvgIpc) is 2.73. The van der Waals surface area contributed by atoms with Crippen molar-refractivity contribution in [2.45, 2.75) is 19.4 Å². The van der Waals surface area contributed by atoms with E-state index in [0.29, 0.717) is 5.92 Å². The summed E-state index contributed by atoms with van der Waals surface area (Å²) in [5.74, 6) is 0.707. The van der Waals surface area contributed by atoms with Crippen molar-refractivity contribution in [3.8, 4) is 0 Å². The molecule has 1 aliphatic heterocycles. The minimum Gasteiger partial charge on any atom is -0.399 e. The van der Waals surface area contributed by atoms with E-state index in [9.17, 15) is 0 Å². The second-order valence-corrected chi connectivity index (χ2v) is 4.70. The molecule has 1 aliphatic rings. The number of nitrogen functional groups attached to an aromatic ring is 1. The van der Waals surface area contributed by atoms with Crippen molar-refractivity contribution in [1.82, 2.24) is 9.55 Å². The van der Waals surface area contributed by atoms with Crippen LogP contribution in [0.3, 0.4) is 0 Å². The third-order valence-corrected chi connectivity index (χ3v) is 3.44. The Morgan fingerprint density at radius 3 is 3.00 bits per heavy atom. The topological polar surface area (TPSA) is 53.1 Å². The summed E-state index contributed by atoms with van der Waals surface area (Å²) in [6.45, 7) is 2.82. The van der Waals surface area contributed by atoms with Crippen LogP contribution in [0.15, 0.2) is 24.5 Å². The Hall–Kier alpha value is -1.55. The quantitative estimate of drug-likeness (QED) is 0.805. The van der Waals surface area contributed by atoms with Crippen molar-refractivity contribution in [2.75, 3.05) is 18.9 Å². The number of nitrogens with two attached hydrogens (primary N) is 1. The van der Waals surface area contributed by atoms with Gasteiger partial charge in [-0.05, 0) is 37.0 Å². The second kappa shape index (κ2) is 4.37. The molecule has 1 saturated heterocycles. The molecule has 0 amide bonds. The molecule has 0 bridgehead atoms. The van der Waals surface area contributed by atoms with E-state index in [-0.39, 0.29) is 0 Å². The van der Waals surface area contributed by atoms with Crippen LogP contribution in [-0.4, -0.2) is 22.8 Å². The number of hydrogen-bond acceptors (Lipinski definition) is 3. The molecule has 1 fully saturated rings. The minimum absolute atomic E-state index is 0.707. The van der Waals surface area contributed by atoms with E-state index in [2.05, 4.69) is 15.6 Å². The zero-order chi connectivity index (χ0) is 11.7. The molecule has 17 heavy (non-hydrogen) atoms. The van der Waals surface area contributed by atoms with Crippen LogP contribution in [0.2, 0.25) is 0 Å². The monoisotopic (exact) mass is 231 g/mol. The number of hydrogen-bond donors (Lipinski definition) is 1. The van der Waals surface area contributed by atoms with Gasteiger partial charge in [0, 0.05) is 25.4 Å². The molecule has 0 unspecified atom stereocenters. The van der Waals surface area contributed by atoms with Crippen molar-refractivity contribution in [3.05, 3.63) is 24.5 Å². The van der Waals surface area contributed by atoms with Gasteiger partial charge >= 0.3 is 0 Å². The van der Waals surface area contributed by atoms with Gasteiger partial charge in [0.1, 0.15) is 0 Å². The Morgan fingerprint density at radius 2 is 2.18 bits per heavy atom. The molecule has 0 saturated carbocycles. The molecule has 2 aromatic rings. The summed E-state index contributed by atoms with van der Waals surface area (Å²) in [6, 6.07) is 5.91.